The molecule has 1 heterocycles. The third-order valence-electron chi connectivity index (χ3n) is 7.33. The number of nitrogens with zero attached hydrogens (tertiary/aromatic N) is 1. The average Bonchev–Trinajstić information content (AvgIpc) is 2.89. The monoisotopic (exact) mass is 630 g/mol. The molecular formula is C31H39ClN4O6S. The number of benzene rings is 2. The van der Waals surface area contributed by atoms with Gasteiger partial charge in [0.05, 0.1) is 17.9 Å². The number of rotatable bonds is 11. The number of aromatic nitrogens is 1. The van der Waals surface area contributed by atoms with E-state index in [1.165, 1.54) is 6.20 Å². The first-order chi connectivity index (χ1) is 19.9. The molecule has 1 aromatic heterocycles. The molecule has 0 aliphatic heterocycles. The third kappa shape index (κ3) is 8.68. The lowest BCUT2D eigenvalue weighted by atomic mass is 9.60. The lowest BCUT2D eigenvalue weighted by Crippen LogP contribution is -2.46. The highest BCUT2D eigenvalue weighted by atomic mass is 35.5. The van der Waals surface area contributed by atoms with E-state index in [2.05, 4.69) is 10.3 Å². The number of sulfonamides is 1. The van der Waals surface area contributed by atoms with Crippen molar-refractivity contribution in [2.45, 2.75) is 58.6 Å². The number of halogens is 1. The first-order valence-electron chi connectivity index (χ1n) is 13.7. The van der Waals surface area contributed by atoms with Crippen molar-refractivity contribution in [1.29, 1.82) is 0 Å². The van der Waals surface area contributed by atoms with Crippen LogP contribution in [0.15, 0.2) is 60.8 Å². The largest absolute Gasteiger partial charge is 0.449 e. The Morgan fingerprint density at radius 1 is 1.05 bits per heavy atom. The zero-order valence-electron chi connectivity index (χ0n) is 25.1. The number of anilines is 1. The van der Waals surface area contributed by atoms with Gasteiger partial charge in [0.2, 0.25) is 10.0 Å². The highest BCUT2D eigenvalue weighted by molar-refractivity contribution is 7.89. The number of nitrogens with two attached hydrogens (primary N) is 1. The summed E-state index contributed by atoms with van der Waals surface area (Å²) in [5.74, 6) is -0.730. The summed E-state index contributed by atoms with van der Waals surface area (Å²) in [6, 6.07) is 16.0. The number of nitrogens with one attached hydrogen (secondary N) is 2. The molecule has 0 saturated heterocycles. The van der Waals surface area contributed by atoms with Crippen molar-refractivity contribution in [2.24, 2.45) is 11.1 Å². The van der Waals surface area contributed by atoms with E-state index >= 15 is 0 Å². The maximum Gasteiger partial charge on any atom is 0.404 e. The van der Waals surface area contributed by atoms with Crippen molar-refractivity contribution in [1.82, 2.24) is 9.71 Å². The van der Waals surface area contributed by atoms with Crippen molar-refractivity contribution in [3.8, 4) is 11.1 Å². The molecule has 3 aromatic rings. The second-order valence-corrected chi connectivity index (χ2v) is 14.0. The minimum Gasteiger partial charge on any atom is -0.449 e. The quantitative estimate of drug-likeness (QED) is 0.204. The number of amides is 2. The molecule has 1 unspecified atom stereocenters. The molecule has 43 heavy (non-hydrogen) atoms. The summed E-state index contributed by atoms with van der Waals surface area (Å²) in [5.41, 5.74) is 7.68. The van der Waals surface area contributed by atoms with Crippen LogP contribution >= 0.6 is 11.6 Å². The predicted octanol–water partition coefficient (Wildman–Crippen LogP) is 5.41. The van der Waals surface area contributed by atoms with Crippen LogP contribution in [0.1, 0.15) is 68.6 Å². The van der Waals surface area contributed by atoms with Gasteiger partial charge in [0, 0.05) is 23.3 Å². The third-order valence-corrected chi connectivity index (χ3v) is 8.11. The molecule has 2 aromatic carbocycles. The molecule has 12 heteroatoms. The van der Waals surface area contributed by atoms with E-state index in [0.29, 0.717) is 16.4 Å². The lowest BCUT2D eigenvalue weighted by Gasteiger charge is -2.46. The Hall–Kier alpha value is -3.67. The minimum atomic E-state index is -3.74. The van der Waals surface area contributed by atoms with Crippen LogP contribution in [-0.2, 0) is 20.2 Å². The number of carbonyl (C=O) groups excluding carboxylic acids is 2. The fraction of sp³-hybridized carbons (Fsp3) is 0.387. The van der Waals surface area contributed by atoms with E-state index in [-0.39, 0.29) is 24.6 Å². The van der Waals surface area contributed by atoms with Gasteiger partial charge in [0.15, 0.2) is 0 Å². The van der Waals surface area contributed by atoms with Crippen LogP contribution in [0.4, 0.5) is 10.5 Å². The number of hydrogen-bond acceptors (Lipinski definition) is 8. The number of primary amides is 1. The number of pyridine rings is 1. The van der Waals surface area contributed by atoms with Crippen molar-refractivity contribution in [2.75, 3.05) is 18.2 Å². The first-order valence-corrected chi connectivity index (χ1v) is 15.9. The maximum absolute atomic E-state index is 12.7. The Labute approximate surface area is 258 Å². The number of aliphatic hydroxyl groups is 1. The van der Waals surface area contributed by atoms with Gasteiger partial charge in [-0.05, 0) is 66.1 Å². The number of hydrogen-bond donors (Lipinski definition) is 4. The Kier molecular flexibility index (Phi) is 10.5. The molecule has 0 bridgehead atoms. The molecule has 5 N–H and O–H groups in total. The smallest absolute Gasteiger partial charge is 0.404 e. The topological polar surface area (TPSA) is 161 Å². The number of aliphatic hydroxyl groups excluding tert-OH is 1. The SMILES string of the molecule is CC(C)Nc1cc(-c2ccc(C(COC(N)=O)(C[C@@H](O)c3ccc(Cl)nc3)C(C)(C)C)cc2)ccc1C(=O)NS(C)(=O)=O. The van der Waals surface area contributed by atoms with Gasteiger partial charge in [0.25, 0.3) is 5.91 Å². The minimum absolute atomic E-state index is 0.0256. The van der Waals surface area contributed by atoms with Gasteiger partial charge in [0.1, 0.15) is 11.8 Å². The van der Waals surface area contributed by atoms with Crippen LogP contribution in [-0.4, -0.2) is 49.4 Å². The molecule has 3 rings (SSSR count). The number of ether oxygens (including phenoxy) is 1. The van der Waals surface area contributed by atoms with Gasteiger partial charge < -0.3 is 20.9 Å². The van der Waals surface area contributed by atoms with Crippen molar-refractivity contribution >= 4 is 39.3 Å². The van der Waals surface area contributed by atoms with Crippen LogP contribution < -0.4 is 15.8 Å². The standard InChI is InChI=1S/C31H39ClN4O6S/c1-19(2)35-25-15-21(9-13-24(25)28(38)36-43(6,40)41)20-7-11-23(12-8-20)31(30(3,4)5,18-42-29(33)39)16-26(37)22-10-14-27(32)34-17-22/h7-15,17,19,26,35,37H,16,18H2,1-6H3,(H2,33,39)(H,36,38)/t26-,31?/m1/s1. The zero-order chi connectivity index (χ0) is 32.2. The Morgan fingerprint density at radius 2 is 1.67 bits per heavy atom. The molecule has 0 aliphatic rings. The second-order valence-electron chi connectivity index (χ2n) is 11.9. The van der Waals surface area contributed by atoms with Gasteiger partial charge in [-0.15, -0.1) is 0 Å². The van der Waals surface area contributed by atoms with Gasteiger partial charge in [-0.25, -0.2) is 22.9 Å². The summed E-state index contributed by atoms with van der Waals surface area (Å²) < 4.78 is 30.7. The van der Waals surface area contributed by atoms with Crippen LogP contribution in [0.3, 0.4) is 0 Å². The molecular weight excluding hydrogens is 592 g/mol. The van der Waals surface area contributed by atoms with E-state index in [4.69, 9.17) is 22.1 Å². The molecule has 10 nitrogen and oxygen atoms in total. The van der Waals surface area contributed by atoms with E-state index in [9.17, 15) is 23.1 Å². The summed E-state index contributed by atoms with van der Waals surface area (Å²) in [7, 11) is -3.74. The second kappa shape index (κ2) is 13.3. The van der Waals surface area contributed by atoms with Crippen molar-refractivity contribution < 1.29 is 27.9 Å². The summed E-state index contributed by atoms with van der Waals surface area (Å²) >= 11 is 5.94. The van der Waals surface area contributed by atoms with E-state index in [1.54, 1.807) is 30.3 Å². The lowest BCUT2D eigenvalue weighted by molar-refractivity contribution is 0.0223. The normalized spacial score (nSPS) is 14.1. The van der Waals surface area contributed by atoms with Crippen LogP contribution in [0.2, 0.25) is 5.15 Å². The fourth-order valence-electron chi connectivity index (χ4n) is 5.00. The van der Waals surface area contributed by atoms with Crippen LogP contribution in [0.25, 0.3) is 11.1 Å². The van der Waals surface area contributed by atoms with E-state index in [0.717, 1.165) is 22.9 Å². The molecule has 0 aliphatic carbocycles. The summed E-state index contributed by atoms with van der Waals surface area (Å²) in [6.07, 6.45) is 0.766. The summed E-state index contributed by atoms with van der Waals surface area (Å²) in [6.45, 7) is 9.76. The fourth-order valence-corrected chi connectivity index (χ4v) is 5.56. The van der Waals surface area contributed by atoms with Crippen molar-refractivity contribution in [3.63, 3.8) is 0 Å². The summed E-state index contributed by atoms with van der Waals surface area (Å²) in [4.78, 5) is 28.5. The molecule has 232 valence electrons. The van der Waals surface area contributed by atoms with Gasteiger partial charge in [-0.1, -0.05) is 68.8 Å². The molecule has 0 spiro atoms. The molecule has 0 fully saturated rings. The van der Waals surface area contributed by atoms with Crippen molar-refractivity contribution in [3.05, 3.63) is 82.6 Å². The van der Waals surface area contributed by atoms with E-state index in [1.807, 2.05) is 63.6 Å². The maximum atomic E-state index is 12.7. The Bertz CT molecular complexity index is 1550. The van der Waals surface area contributed by atoms with Gasteiger partial charge in [-0.2, -0.15) is 0 Å². The highest BCUT2D eigenvalue weighted by Crippen LogP contribution is 2.48. The zero-order valence-corrected chi connectivity index (χ0v) is 26.7. The summed E-state index contributed by atoms with van der Waals surface area (Å²) in [5, 5.41) is 14.8. The highest BCUT2D eigenvalue weighted by Gasteiger charge is 2.46. The van der Waals surface area contributed by atoms with Gasteiger partial charge >= 0.3 is 6.09 Å². The van der Waals surface area contributed by atoms with Gasteiger partial charge in [-0.3, -0.25) is 4.79 Å². The average molecular weight is 631 g/mol. The molecule has 2 atom stereocenters. The first kappa shape index (κ1) is 33.8. The Morgan fingerprint density at radius 3 is 2.19 bits per heavy atom. The molecule has 2 amide bonds. The molecule has 0 saturated carbocycles. The van der Waals surface area contributed by atoms with Crippen LogP contribution in [0, 0.1) is 5.41 Å². The van der Waals surface area contributed by atoms with E-state index < -0.39 is 39.0 Å². The molecule has 0 radical (unpaired) electrons. The van der Waals surface area contributed by atoms with Crippen LogP contribution in [0.5, 0.6) is 0 Å². The number of carbonyl (C=O) groups is 2. The Balaban J connectivity index is 2.06. The predicted molar refractivity (Wildman–Crippen MR) is 168 cm³/mol.